The Morgan fingerprint density at radius 3 is 1.86 bits per heavy atom. The third kappa shape index (κ3) is 2.81. The predicted octanol–water partition coefficient (Wildman–Crippen LogP) is 9.97. The van der Waals surface area contributed by atoms with Gasteiger partial charge >= 0.3 is 0 Å². The molecule has 0 fully saturated rings. The van der Waals surface area contributed by atoms with Crippen molar-refractivity contribution in [2.75, 3.05) is 0 Å². The van der Waals surface area contributed by atoms with Crippen molar-refractivity contribution < 1.29 is 0 Å². The van der Waals surface area contributed by atoms with Crippen LogP contribution in [-0.2, 0) is 5.41 Å². The minimum Gasteiger partial charge on any atom is -0.0881 e. The highest BCUT2D eigenvalue weighted by Crippen LogP contribution is 2.57. The van der Waals surface area contributed by atoms with Gasteiger partial charge in [-0.2, -0.15) is 0 Å². The minimum atomic E-state index is -0.232. The molecule has 0 bridgehead atoms. The van der Waals surface area contributed by atoms with Crippen LogP contribution < -0.4 is 0 Å². The normalized spacial score (nSPS) is 16.8. The highest BCUT2D eigenvalue weighted by atomic mass is 32.2. The van der Waals surface area contributed by atoms with Gasteiger partial charge in [0.2, 0.25) is 0 Å². The predicted molar refractivity (Wildman–Crippen MR) is 156 cm³/mol. The summed E-state index contributed by atoms with van der Waals surface area (Å²) >= 11 is 1.92. The van der Waals surface area contributed by atoms with Gasteiger partial charge in [0.05, 0.1) is 0 Å². The van der Waals surface area contributed by atoms with Crippen molar-refractivity contribution in [3.8, 4) is 33.4 Å². The molecule has 0 N–H and O–H groups in total. The lowest BCUT2D eigenvalue weighted by Crippen LogP contribution is -2.23. The topological polar surface area (TPSA) is 0 Å². The molecule has 6 aromatic carbocycles. The van der Waals surface area contributed by atoms with E-state index in [0.717, 1.165) is 0 Å². The number of rotatable bonds is 2. The smallest absolute Gasteiger partial charge is 0.0441 e. The van der Waals surface area contributed by atoms with Crippen molar-refractivity contribution in [2.45, 2.75) is 22.1 Å². The molecule has 0 amide bonds. The van der Waals surface area contributed by atoms with Gasteiger partial charge in [-0.3, -0.25) is 0 Å². The second kappa shape index (κ2) is 7.71. The summed E-state index contributed by atoms with van der Waals surface area (Å²) in [6.45, 7) is 2.41. The average Bonchev–Trinajstić information content (AvgIpc) is 3.23. The van der Waals surface area contributed by atoms with Crippen LogP contribution in [0.15, 0.2) is 137 Å². The van der Waals surface area contributed by atoms with Crippen LogP contribution in [0.5, 0.6) is 0 Å². The number of hydrogen-bond acceptors (Lipinski definition) is 1. The van der Waals surface area contributed by atoms with E-state index in [4.69, 9.17) is 0 Å². The van der Waals surface area contributed by atoms with E-state index in [-0.39, 0.29) is 5.41 Å². The van der Waals surface area contributed by atoms with Crippen molar-refractivity contribution in [1.29, 1.82) is 0 Å². The maximum absolute atomic E-state index is 2.41. The molecule has 1 aliphatic carbocycles. The molecule has 1 atom stereocenters. The van der Waals surface area contributed by atoms with Crippen LogP contribution in [-0.4, -0.2) is 0 Å². The number of fused-ring (bicyclic) bond motifs is 5. The summed E-state index contributed by atoms with van der Waals surface area (Å²) in [4.78, 5) is 2.70. The largest absolute Gasteiger partial charge is 0.0881 e. The van der Waals surface area contributed by atoms with Crippen molar-refractivity contribution in [1.82, 2.24) is 0 Å². The van der Waals surface area contributed by atoms with Crippen LogP contribution in [0.1, 0.15) is 23.6 Å². The number of hydrogen-bond donors (Lipinski definition) is 0. The lowest BCUT2D eigenvalue weighted by atomic mass is 9.72. The molecule has 174 valence electrons. The first kappa shape index (κ1) is 21.1. The van der Waals surface area contributed by atoms with Crippen molar-refractivity contribution >= 4 is 22.5 Å². The summed E-state index contributed by atoms with van der Waals surface area (Å²) in [5.74, 6) is 0. The Morgan fingerprint density at radius 2 is 1.05 bits per heavy atom. The first-order valence-corrected chi connectivity index (χ1v) is 13.7. The van der Waals surface area contributed by atoms with Gasteiger partial charge in [0, 0.05) is 20.6 Å². The van der Waals surface area contributed by atoms with Gasteiger partial charge in [0.25, 0.3) is 0 Å². The third-order valence-corrected chi connectivity index (χ3v) is 9.55. The van der Waals surface area contributed by atoms with Gasteiger partial charge in [-0.15, -0.1) is 0 Å². The van der Waals surface area contributed by atoms with E-state index >= 15 is 0 Å². The van der Waals surface area contributed by atoms with Crippen LogP contribution in [0, 0.1) is 0 Å². The zero-order valence-electron chi connectivity index (χ0n) is 20.5. The molecule has 0 radical (unpaired) electrons. The second-order valence-electron chi connectivity index (χ2n) is 10.2. The fourth-order valence-electron chi connectivity index (χ4n) is 6.70. The molecule has 0 aromatic heterocycles. The molecule has 1 heterocycles. The first-order valence-electron chi connectivity index (χ1n) is 12.9. The quantitative estimate of drug-likeness (QED) is 0.233. The summed E-state index contributed by atoms with van der Waals surface area (Å²) in [6, 6.07) is 47.1. The van der Waals surface area contributed by atoms with Crippen LogP contribution >= 0.6 is 11.8 Å². The maximum atomic E-state index is 2.41. The van der Waals surface area contributed by atoms with E-state index in [0.29, 0.717) is 0 Å². The highest BCUT2D eigenvalue weighted by Gasteiger charge is 2.42. The summed E-state index contributed by atoms with van der Waals surface area (Å²) in [5, 5.41) is 2.69. The molecule has 6 aromatic rings. The lowest BCUT2D eigenvalue weighted by molar-refractivity contribution is 0.715. The number of benzene rings is 6. The Balaban J connectivity index is 1.44. The van der Waals surface area contributed by atoms with Gasteiger partial charge in [-0.05, 0) is 68.4 Å². The van der Waals surface area contributed by atoms with Crippen LogP contribution in [0.25, 0.3) is 44.2 Å². The summed E-state index contributed by atoms with van der Waals surface area (Å²) < 4.78 is 0. The third-order valence-electron chi connectivity index (χ3n) is 8.35. The molecular weight excluding hydrogens is 464 g/mol. The zero-order chi connectivity index (χ0) is 24.6. The highest BCUT2D eigenvalue weighted by molar-refractivity contribution is 8.00. The van der Waals surface area contributed by atoms with Crippen molar-refractivity contribution in [2.24, 2.45) is 0 Å². The molecule has 0 saturated heterocycles. The molecule has 1 aliphatic heterocycles. The second-order valence-corrected chi connectivity index (χ2v) is 11.3. The van der Waals surface area contributed by atoms with Crippen LogP contribution in [0.4, 0.5) is 0 Å². The van der Waals surface area contributed by atoms with E-state index in [1.807, 2.05) is 11.8 Å². The summed E-state index contributed by atoms with van der Waals surface area (Å²) in [7, 11) is 0. The van der Waals surface area contributed by atoms with Gasteiger partial charge < -0.3 is 0 Å². The zero-order valence-corrected chi connectivity index (χ0v) is 21.3. The maximum Gasteiger partial charge on any atom is 0.0441 e. The standard InChI is InChI=1S/C36H24S/c1-36(24-13-3-2-4-14-24)31-21-6-5-15-25(31)27-17-9-18-28(34(27)36)30-20-10-19-29-26-16-7-11-23-12-8-22-32(33(23)26)37-35(29)30/h2-22H,1H3. The Bertz CT molecular complexity index is 1860. The monoisotopic (exact) mass is 488 g/mol. The van der Waals surface area contributed by atoms with Gasteiger partial charge in [-0.1, -0.05) is 133 Å². The van der Waals surface area contributed by atoms with E-state index in [2.05, 4.69) is 134 Å². The van der Waals surface area contributed by atoms with Gasteiger partial charge in [0.1, 0.15) is 0 Å². The van der Waals surface area contributed by atoms with Crippen molar-refractivity contribution in [3.63, 3.8) is 0 Å². The fraction of sp³-hybridized carbons (Fsp3) is 0.0556. The molecule has 0 spiro atoms. The van der Waals surface area contributed by atoms with Gasteiger partial charge in [-0.25, -0.2) is 0 Å². The molecule has 1 heteroatoms. The molecule has 0 nitrogen and oxygen atoms in total. The SMILES string of the molecule is CC1(c2ccccc2)c2ccccc2-c2cccc(-c3cccc4c3Sc3cccc5cccc-4c35)c21. The van der Waals surface area contributed by atoms with Crippen LogP contribution in [0.2, 0.25) is 0 Å². The van der Waals surface area contributed by atoms with E-state index in [1.54, 1.807) is 0 Å². The summed E-state index contributed by atoms with van der Waals surface area (Å²) in [6.07, 6.45) is 0. The Morgan fingerprint density at radius 1 is 0.486 bits per heavy atom. The molecule has 37 heavy (non-hydrogen) atoms. The lowest BCUT2D eigenvalue weighted by Gasteiger charge is -2.31. The molecular formula is C36H24S. The molecule has 8 rings (SSSR count). The van der Waals surface area contributed by atoms with E-state index < -0.39 is 0 Å². The minimum absolute atomic E-state index is 0.232. The van der Waals surface area contributed by atoms with Gasteiger partial charge in [0.15, 0.2) is 0 Å². The summed E-state index contributed by atoms with van der Waals surface area (Å²) in [5.41, 5.74) is 11.9. The molecule has 1 unspecified atom stereocenters. The fourth-order valence-corrected chi connectivity index (χ4v) is 7.97. The van der Waals surface area contributed by atoms with Crippen LogP contribution in [0.3, 0.4) is 0 Å². The first-order chi connectivity index (χ1) is 18.2. The molecule has 2 aliphatic rings. The average molecular weight is 489 g/mol. The van der Waals surface area contributed by atoms with E-state index in [1.165, 1.54) is 70.6 Å². The molecule has 0 saturated carbocycles. The Hall–Kier alpha value is -4.07. The van der Waals surface area contributed by atoms with Crippen molar-refractivity contribution in [3.05, 3.63) is 144 Å². The Labute approximate surface area is 221 Å². The Kier molecular flexibility index (Phi) is 4.39. The van der Waals surface area contributed by atoms with E-state index in [9.17, 15) is 0 Å².